The number of carbonyl (C=O) groups excluding carboxylic acids is 2. The van der Waals surface area contributed by atoms with Gasteiger partial charge in [0.2, 0.25) is 12.5 Å². The SMILES string of the molecule is C=CC(/C=C/c1ccc(N2CCC(O)C2)cc1)=C\C=NCC(=O)NCCSSCCNC(=O)C[n+]1ccc(/C=C/c2ccc(N3CCC(O)C3)cc2)cc1. The Morgan fingerprint density at radius 2 is 1.30 bits per heavy atom. The van der Waals surface area contributed by atoms with Gasteiger partial charge < -0.3 is 30.6 Å². The summed E-state index contributed by atoms with van der Waals surface area (Å²) >= 11 is 0. The predicted molar refractivity (Wildman–Crippen MR) is 226 cm³/mol. The molecule has 2 aliphatic heterocycles. The Morgan fingerprint density at radius 1 is 0.778 bits per heavy atom. The van der Waals surface area contributed by atoms with Gasteiger partial charge in [-0.25, -0.2) is 0 Å². The van der Waals surface area contributed by atoms with Crippen molar-refractivity contribution in [1.82, 2.24) is 10.6 Å². The maximum absolute atomic E-state index is 12.4. The molecule has 3 heterocycles. The van der Waals surface area contributed by atoms with Crippen LogP contribution in [0.4, 0.5) is 11.4 Å². The van der Waals surface area contributed by atoms with Crippen molar-refractivity contribution in [2.75, 3.05) is 67.1 Å². The zero-order valence-corrected chi connectivity index (χ0v) is 32.3. The number of amides is 2. The van der Waals surface area contributed by atoms with Crippen LogP contribution in [0, 0.1) is 0 Å². The number of anilines is 2. The first-order valence-electron chi connectivity index (χ1n) is 18.4. The van der Waals surface area contributed by atoms with E-state index in [1.807, 2.05) is 47.3 Å². The Hall–Kier alpha value is -4.62. The van der Waals surface area contributed by atoms with Crippen LogP contribution in [0.3, 0.4) is 0 Å². The molecule has 284 valence electrons. The van der Waals surface area contributed by atoms with Crippen molar-refractivity contribution in [3.8, 4) is 0 Å². The number of hydrogen-bond donors (Lipinski definition) is 4. The largest absolute Gasteiger partial charge is 0.391 e. The number of aliphatic hydroxyl groups is 2. The summed E-state index contributed by atoms with van der Waals surface area (Å²) in [6.07, 6.45) is 18.2. The van der Waals surface area contributed by atoms with Crippen molar-refractivity contribution in [2.24, 2.45) is 4.99 Å². The predicted octanol–water partition coefficient (Wildman–Crippen LogP) is 4.80. The van der Waals surface area contributed by atoms with E-state index in [2.05, 4.69) is 92.7 Å². The summed E-state index contributed by atoms with van der Waals surface area (Å²) < 4.78 is 1.86. The second-order valence-corrected chi connectivity index (χ2v) is 15.8. The fourth-order valence-corrected chi connectivity index (χ4v) is 7.75. The van der Waals surface area contributed by atoms with Crippen LogP contribution >= 0.6 is 21.6 Å². The van der Waals surface area contributed by atoms with Gasteiger partial charge in [0.25, 0.3) is 5.91 Å². The fourth-order valence-electron chi connectivity index (χ4n) is 5.94. The van der Waals surface area contributed by atoms with E-state index in [4.69, 9.17) is 0 Å². The highest BCUT2D eigenvalue weighted by molar-refractivity contribution is 8.76. The molecule has 0 saturated carbocycles. The minimum absolute atomic E-state index is 0.0382. The second-order valence-electron chi connectivity index (χ2n) is 13.1. The number of pyridine rings is 1. The molecule has 2 saturated heterocycles. The molecule has 2 atom stereocenters. The third-order valence-electron chi connectivity index (χ3n) is 8.96. The third kappa shape index (κ3) is 14.0. The van der Waals surface area contributed by atoms with Crippen molar-refractivity contribution in [1.29, 1.82) is 0 Å². The van der Waals surface area contributed by atoms with Gasteiger partial charge >= 0.3 is 0 Å². The summed E-state index contributed by atoms with van der Waals surface area (Å²) in [5.41, 5.74) is 6.35. The quantitative estimate of drug-likeness (QED) is 0.0452. The minimum Gasteiger partial charge on any atom is -0.391 e. The van der Waals surface area contributed by atoms with E-state index in [1.54, 1.807) is 33.9 Å². The number of nitrogens with one attached hydrogen (secondary N) is 2. The summed E-state index contributed by atoms with van der Waals surface area (Å²) in [5, 5.41) is 25.4. The van der Waals surface area contributed by atoms with Crippen molar-refractivity contribution < 1.29 is 24.4 Å². The van der Waals surface area contributed by atoms with E-state index in [0.29, 0.717) is 26.2 Å². The van der Waals surface area contributed by atoms with Crippen molar-refractivity contribution in [2.45, 2.75) is 31.6 Å². The number of carbonyl (C=O) groups is 2. The van der Waals surface area contributed by atoms with Gasteiger partial charge in [0.15, 0.2) is 12.4 Å². The molecule has 5 rings (SSSR count). The van der Waals surface area contributed by atoms with Gasteiger partial charge in [0, 0.05) is 80.5 Å². The number of hydrogen-bond acceptors (Lipinski definition) is 9. The molecule has 0 bridgehead atoms. The summed E-state index contributed by atoms with van der Waals surface area (Å²) in [6, 6.07) is 20.6. The van der Waals surface area contributed by atoms with Gasteiger partial charge in [-0.3, -0.25) is 14.6 Å². The molecule has 0 spiro atoms. The van der Waals surface area contributed by atoms with Crippen LogP contribution in [0.15, 0.2) is 108 Å². The molecular weight excluding hydrogens is 717 g/mol. The number of aromatic nitrogens is 1. The summed E-state index contributed by atoms with van der Waals surface area (Å²) in [5.74, 6) is 1.35. The molecule has 4 N–H and O–H groups in total. The molecule has 54 heavy (non-hydrogen) atoms. The van der Waals surface area contributed by atoms with Crippen molar-refractivity contribution in [3.63, 3.8) is 0 Å². The number of nitrogens with zero attached hydrogens (tertiary/aromatic N) is 4. The average Bonchev–Trinajstić information content (AvgIpc) is 3.83. The van der Waals surface area contributed by atoms with Gasteiger partial charge in [-0.2, -0.15) is 4.57 Å². The zero-order chi connectivity index (χ0) is 38.0. The van der Waals surface area contributed by atoms with E-state index in [1.165, 1.54) is 0 Å². The van der Waals surface area contributed by atoms with E-state index in [-0.39, 0.29) is 37.1 Å². The summed E-state index contributed by atoms with van der Waals surface area (Å²) in [4.78, 5) is 33.2. The maximum Gasteiger partial charge on any atom is 0.286 e. The first-order chi connectivity index (χ1) is 26.3. The highest BCUT2D eigenvalue weighted by atomic mass is 33.1. The Bertz CT molecular complexity index is 1780. The van der Waals surface area contributed by atoms with Gasteiger partial charge in [-0.05, 0) is 65.4 Å². The lowest BCUT2D eigenvalue weighted by Crippen LogP contribution is -2.42. The molecule has 12 heteroatoms. The van der Waals surface area contributed by atoms with E-state index < -0.39 is 0 Å². The van der Waals surface area contributed by atoms with Crippen LogP contribution in [0.1, 0.15) is 29.5 Å². The molecule has 10 nitrogen and oxygen atoms in total. The fraction of sp³-hybridized carbons (Fsp3) is 0.333. The third-order valence-corrected chi connectivity index (χ3v) is 11.4. The van der Waals surface area contributed by atoms with Crippen LogP contribution in [-0.4, -0.2) is 97.8 Å². The highest BCUT2D eigenvalue weighted by Gasteiger charge is 2.21. The van der Waals surface area contributed by atoms with Crippen LogP contribution in [0.25, 0.3) is 18.2 Å². The average molecular weight is 768 g/mol. The molecule has 2 amide bonds. The number of aliphatic imine (C=N–C) groups is 1. The Balaban J connectivity index is 0.879. The molecule has 1 aromatic heterocycles. The lowest BCUT2D eigenvalue weighted by atomic mass is 10.1. The molecule has 2 unspecified atom stereocenters. The van der Waals surface area contributed by atoms with Crippen molar-refractivity contribution >= 4 is 69.2 Å². The molecule has 3 aromatic rings. The van der Waals surface area contributed by atoms with Gasteiger partial charge in [-0.15, -0.1) is 0 Å². The first kappa shape index (κ1) is 40.6. The summed E-state index contributed by atoms with van der Waals surface area (Å²) in [7, 11) is 3.32. The molecule has 0 radical (unpaired) electrons. The Labute approximate surface area is 326 Å². The zero-order valence-electron chi connectivity index (χ0n) is 30.6. The molecule has 2 fully saturated rings. The van der Waals surface area contributed by atoms with E-state index in [9.17, 15) is 19.8 Å². The van der Waals surface area contributed by atoms with E-state index in [0.717, 1.165) is 71.1 Å². The topological polar surface area (TPSA) is 121 Å². The van der Waals surface area contributed by atoms with Crippen LogP contribution < -0.4 is 25.0 Å². The van der Waals surface area contributed by atoms with Crippen LogP contribution in [0.5, 0.6) is 0 Å². The number of rotatable bonds is 19. The number of benzene rings is 2. The monoisotopic (exact) mass is 767 g/mol. The van der Waals surface area contributed by atoms with Crippen LogP contribution in [-0.2, 0) is 16.1 Å². The molecule has 2 aliphatic rings. The normalized spacial score (nSPS) is 17.6. The molecular formula is C42H51N6O4S2+. The second kappa shape index (κ2) is 21.9. The Morgan fingerprint density at radius 3 is 1.81 bits per heavy atom. The highest BCUT2D eigenvalue weighted by Crippen LogP contribution is 2.23. The lowest BCUT2D eigenvalue weighted by molar-refractivity contribution is -0.684. The summed E-state index contributed by atoms with van der Waals surface area (Å²) in [6.45, 7) is 8.43. The standard InChI is InChI=1S/C42H50N6O4S2/c1-2-33(3-4-34-7-11-37(12-8-34)47-25-18-39(49)30-47)15-20-43-29-41(51)44-21-27-53-54-28-22-45-42(52)32-46-23-16-36(17-24-46)6-5-35-9-13-38(14-10-35)48-26-19-40(50)31-48/h2-17,20,23-24,39-40,49-50H,1,18-19,21-22,25-32H2,(H-,44,45,51,52)/p+1/b4-3+,33-15+,43-20?. The Kier molecular flexibility index (Phi) is 16.5. The molecule has 2 aromatic carbocycles. The number of allylic oxidation sites excluding steroid dienone is 4. The first-order valence-corrected chi connectivity index (χ1v) is 20.9. The van der Waals surface area contributed by atoms with Gasteiger partial charge in [-0.1, -0.05) is 82.8 Å². The molecule has 0 aliphatic carbocycles. The number of β-amino-alcohol motifs (C(OH)–C–C–N with tert-alkyl or cyclic N) is 2. The minimum atomic E-state index is -0.245. The van der Waals surface area contributed by atoms with Crippen molar-refractivity contribution in [3.05, 3.63) is 120 Å². The smallest absolute Gasteiger partial charge is 0.286 e. The lowest BCUT2D eigenvalue weighted by Gasteiger charge is -2.17. The van der Waals surface area contributed by atoms with Gasteiger partial charge in [0.1, 0.15) is 6.54 Å². The maximum atomic E-state index is 12.4. The van der Waals surface area contributed by atoms with Crippen LogP contribution in [0.2, 0.25) is 0 Å². The number of aliphatic hydroxyl groups excluding tert-OH is 2. The van der Waals surface area contributed by atoms with E-state index >= 15 is 0 Å². The van der Waals surface area contributed by atoms with Gasteiger partial charge in [0.05, 0.1) is 12.2 Å².